The second-order valence-corrected chi connectivity index (χ2v) is 9.68. The Balaban J connectivity index is 1.20. The first-order chi connectivity index (χ1) is 16.5. The van der Waals surface area contributed by atoms with E-state index in [1.165, 1.54) is 11.3 Å². The van der Waals surface area contributed by atoms with Gasteiger partial charge in [-0.15, -0.1) is 11.3 Å². The fourth-order valence-corrected chi connectivity index (χ4v) is 5.07. The van der Waals surface area contributed by atoms with Crippen LogP contribution in [0.15, 0.2) is 23.7 Å². The highest BCUT2D eigenvalue weighted by Crippen LogP contribution is 2.29. The number of nitrogens with one attached hydrogen (secondary N) is 1. The number of benzene rings is 1. The lowest BCUT2D eigenvalue weighted by Crippen LogP contribution is -2.55. The molecule has 1 unspecified atom stereocenters. The van der Waals surface area contributed by atoms with Crippen LogP contribution in [0, 0.1) is 12.8 Å². The maximum Gasteiger partial charge on any atom is 0.321 e. The van der Waals surface area contributed by atoms with E-state index in [0.29, 0.717) is 32.2 Å². The van der Waals surface area contributed by atoms with Gasteiger partial charge in [-0.1, -0.05) is 0 Å². The van der Waals surface area contributed by atoms with Gasteiger partial charge in [0.1, 0.15) is 11.3 Å². The van der Waals surface area contributed by atoms with Crippen molar-refractivity contribution in [3.8, 4) is 5.75 Å². The maximum atomic E-state index is 13.0. The standard InChI is InChI=1S/C23H29N7O3S/c1-14-9-17(33-12-16-5-8-32-11-16)3-4-18(14)26-23(31)29-6-7-30(15(2)10-29)20-19-21(34-13-25-19)28-22(24)27-20/h3-4,9,13,15-16H,5-8,10-12H2,1-2H3,(H,26,31)(H2,24,27,28)/t15-,16?/m0/s1. The zero-order valence-corrected chi connectivity index (χ0v) is 20.2. The molecule has 2 atom stereocenters. The van der Waals surface area contributed by atoms with Gasteiger partial charge in [-0.05, 0) is 44.0 Å². The van der Waals surface area contributed by atoms with Gasteiger partial charge in [0, 0.05) is 43.9 Å². The van der Waals surface area contributed by atoms with Gasteiger partial charge < -0.3 is 30.3 Å². The number of carbonyl (C=O) groups is 1. The summed E-state index contributed by atoms with van der Waals surface area (Å²) in [6, 6.07) is 5.70. The minimum absolute atomic E-state index is 0.0511. The van der Waals surface area contributed by atoms with Crippen molar-refractivity contribution in [2.45, 2.75) is 26.3 Å². The van der Waals surface area contributed by atoms with Crippen molar-refractivity contribution in [3.05, 3.63) is 29.3 Å². The molecule has 0 aliphatic carbocycles. The summed E-state index contributed by atoms with van der Waals surface area (Å²) >= 11 is 1.44. The molecule has 3 N–H and O–H groups in total. The Hall–Kier alpha value is -3.18. The third kappa shape index (κ3) is 4.71. The third-order valence-electron chi connectivity index (χ3n) is 6.33. The molecule has 1 aromatic carbocycles. The van der Waals surface area contributed by atoms with Crippen molar-refractivity contribution in [2.75, 3.05) is 55.4 Å². The largest absolute Gasteiger partial charge is 0.493 e. The smallest absolute Gasteiger partial charge is 0.321 e. The molecular weight excluding hydrogens is 454 g/mol. The average molecular weight is 484 g/mol. The Morgan fingerprint density at radius 2 is 2.24 bits per heavy atom. The average Bonchev–Trinajstić information content (AvgIpc) is 3.50. The highest BCUT2D eigenvalue weighted by Gasteiger charge is 2.30. The van der Waals surface area contributed by atoms with Gasteiger partial charge in [-0.25, -0.2) is 14.8 Å². The molecule has 2 saturated heterocycles. The van der Waals surface area contributed by atoms with E-state index >= 15 is 0 Å². The number of rotatable bonds is 5. The monoisotopic (exact) mass is 483 g/mol. The first-order valence-corrected chi connectivity index (χ1v) is 12.4. The number of nitrogens with zero attached hydrogens (tertiary/aromatic N) is 5. The Kier molecular flexibility index (Phi) is 6.38. The number of piperazine rings is 1. The summed E-state index contributed by atoms with van der Waals surface area (Å²) < 4.78 is 11.3. The zero-order chi connectivity index (χ0) is 23.7. The minimum Gasteiger partial charge on any atom is -0.493 e. The molecule has 0 saturated carbocycles. The quantitative estimate of drug-likeness (QED) is 0.568. The lowest BCUT2D eigenvalue weighted by atomic mass is 10.1. The van der Waals surface area contributed by atoms with Gasteiger partial charge in [0.25, 0.3) is 0 Å². The highest BCUT2D eigenvalue weighted by molar-refractivity contribution is 7.16. The number of urea groups is 1. The molecule has 3 aromatic rings. The Morgan fingerprint density at radius 1 is 1.35 bits per heavy atom. The SMILES string of the molecule is Cc1cc(OCC2CCOC2)ccc1NC(=O)N1CCN(c2nc(N)nc3scnc23)[C@@H](C)C1. The number of aryl methyl sites for hydroxylation is 1. The van der Waals surface area contributed by atoms with E-state index in [-0.39, 0.29) is 18.0 Å². The van der Waals surface area contributed by atoms with E-state index in [1.54, 1.807) is 5.51 Å². The molecular formula is C23H29N7O3S. The van der Waals surface area contributed by atoms with Crippen molar-refractivity contribution in [3.63, 3.8) is 0 Å². The number of carbonyl (C=O) groups excluding carboxylic acids is 1. The van der Waals surface area contributed by atoms with Crippen molar-refractivity contribution < 1.29 is 14.3 Å². The predicted octanol–water partition coefficient (Wildman–Crippen LogP) is 3.13. The molecule has 180 valence electrons. The van der Waals surface area contributed by atoms with Crippen molar-refractivity contribution in [1.82, 2.24) is 19.9 Å². The van der Waals surface area contributed by atoms with Gasteiger partial charge >= 0.3 is 6.03 Å². The van der Waals surface area contributed by atoms with Crippen molar-refractivity contribution in [1.29, 1.82) is 0 Å². The topological polar surface area (TPSA) is 119 Å². The van der Waals surface area contributed by atoms with E-state index in [2.05, 4.69) is 32.1 Å². The lowest BCUT2D eigenvalue weighted by molar-refractivity contribution is 0.167. The summed E-state index contributed by atoms with van der Waals surface area (Å²) in [6.45, 7) is 8.03. The molecule has 5 rings (SSSR count). The Bertz CT molecular complexity index is 1180. The number of ether oxygens (including phenoxy) is 2. The van der Waals surface area contributed by atoms with E-state index < -0.39 is 0 Å². The molecule has 2 amide bonds. The number of hydrogen-bond acceptors (Lipinski definition) is 9. The molecule has 2 aliphatic heterocycles. The predicted molar refractivity (Wildman–Crippen MR) is 133 cm³/mol. The van der Waals surface area contributed by atoms with Gasteiger partial charge in [-0.3, -0.25) is 0 Å². The fraction of sp³-hybridized carbons (Fsp3) is 0.478. The number of hydrogen-bond donors (Lipinski definition) is 2. The van der Waals surface area contributed by atoms with Gasteiger partial charge in [-0.2, -0.15) is 4.98 Å². The lowest BCUT2D eigenvalue weighted by Gasteiger charge is -2.40. The number of nitrogen functional groups attached to an aromatic ring is 1. The second-order valence-electron chi connectivity index (χ2n) is 8.85. The van der Waals surface area contributed by atoms with Crippen LogP contribution >= 0.6 is 11.3 Å². The van der Waals surface area contributed by atoms with Gasteiger partial charge in [0.15, 0.2) is 10.6 Å². The summed E-state index contributed by atoms with van der Waals surface area (Å²) in [5.41, 5.74) is 10.2. The van der Waals surface area contributed by atoms with Gasteiger partial charge in [0.2, 0.25) is 5.95 Å². The second kappa shape index (κ2) is 9.59. The first-order valence-electron chi connectivity index (χ1n) is 11.5. The van der Waals surface area contributed by atoms with E-state index in [0.717, 1.165) is 52.8 Å². The van der Waals surface area contributed by atoms with Crippen LogP contribution in [-0.4, -0.2) is 71.4 Å². The number of nitrogens with two attached hydrogens (primary N) is 1. The number of aromatic nitrogens is 3. The summed E-state index contributed by atoms with van der Waals surface area (Å²) in [5.74, 6) is 2.22. The number of thiazole rings is 1. The summed E-state index contributed by atoms with van der Waals surface area (Å²) in [6.07, 6.45) is 1.04. The van der Waals surface area contributed by atoms with Crippen LogP contribution in [0.3, 0.4) is 0 Å². The Morgan fingerprint density at radius 3 is 3.00 bits per heavy atom. The van der Waals surface area contributed by atoms with E-state index in [1.807, 2.05) is 30.0 Å². The summed E-state index contributed by atoms with van der Waals surface area (Å²) in [4.78, 5) is 30.9. The van der Waals surface area contributed by atoms with Crippen molar-refractivity contribution >= 4 is 45.2 Å². The third-order valence-corrected chi connectivity index (χ3v) is 7.05. The van der Waals surface area contributed by atoms with Crippen LogP contribution in [0.4, 0.5) is 22.2 Å². The van der Waals surface area contributed by atoms with Crippen LogP contribution in [-0.2, 0) is 4.74 Å². The van der Waals surface area contributed by atoms with Gasteiger partial charge in [0.05, 0.1) is 18.7 Å². The van der Waals surface area contributed by atoms with Crippen LogP contribution in [0.1, 0.15) is 18.9 Å². The molecule has 11 heteroatoms. The van der Waals surface area contributed by atoms with Crippen molar-refractivity contribution in [2.24, 2.45) is 5.92 Å². The molecule has 0 bridgehead atoms. The molecule has 0 radical (unpaired) electrons. The maximum absolute atomic E-state index is 13.0. The Labute approximate surface area is 202 Å². The van der Waals surface area contributed by atoms with E-state index in [4.69, 9.17) is 15.2 Å². The molecule has 2 fully saturated rings. The molecule has 4 heterocycles. The molecule has 0 spiro atoms. The fourth-order valence-electron chi connectivity index (χ4n) is 4.41. The zero-order valence-electron chi connectivity index (χ0n) is 19.4. The summed E-state index contributed by atoms with van der Waals surface area (Å²) in [7, 11) is 0. The first kappa shape index (κ1) is 22.6. The normalized spacial score (nSPS) is 20.6. The van der Waals surface area contributed by atoms with Crippen LogP contribution < -0.4 is 20.7 Å². The summed E-state index contributed by atoms with van der Waals surface area (Å²) in [5, 5.41) is 3.05. The van der Waals surface area contributed by atoms with Crippen LogP contribution in [0.5, 0.6) is 5.75 Å². The molecule has 2 aliphatic rings. The molecule has 10 nitrogen and oxygen atoms in total. The number of fused-ring (bicyclic) bond motifs is 1. The van der Waals surface area contributed by atoms with Crippen LogP contribution in [0.2, 0.25) is 0 Å². The molecule has 34 heavy (non-hydrogen) atoms. The number of amides is 2. The number of anilines is 3. The van der Waals surface area contributed by atoms with E-state index in [9.17, 15) is 4.79 Å². The van der Waals surface area contributed by atoms with Crippen LogP contribution in [0.25, 0.3) is 10.3 Å². The highest BCUT2D eigenvalue weighted by atomic mass is 32.1. The minimum atomic E-state index is -0.118. The molecule has 2 aromatic heterocycles.